The van der Waals surface area contributed by atoms with E-state index in [1.807, 2.05) is 13.8 Å². The Morgan fingerprint density at radius 2 is 1.63 bits per heavy atom. The van der Waals surface area contributed by atoms with Crippen molar-refractivity contribution >= 4 is 8.32 Å². The summed E-state index contributed by atoms with van der Waals surface area (Å²) in [6.45, 7) is 14.3. The van der Waals surface area contributed by atoms with Gasteiger partial charge in [0.05, 0.1) is 12.0 Å². The molecule has 1 aliphatic rings. The standard InChI is InChI=1S/C14H25F3OSi/c1-9(2)12(10-8-11(10)14(15,16)17)18-19(6,7)13(3,4)5/h8-9,11-12H,1-7H3. The highest BCUT2D eigenvalue weighted by Crippen LogP contribution is 2.49. The zero-order chi connectivity index (χ0) is 15.2. The lowest BCUT2D eigenvalue weighted by Gasteiger charge is -2.40. The Labute approximate surface area is 115 Å². The molecule has 1 nitrogen and oxygen atoms in total. The number of hydrogen-bond donors (Lipinski definition) is 0. The molecule has 5 heteroatoms. The number of halogens is 3. The number of hydrogen-bond acceptors (Lipinski definition) is 1. The van der Waals surface area contributed by atoms with Gasteiger partial charge in [-0.2, -0.15) is 13.2 Å². The van der Waals surface area contributed by atoms with Crippen LogP contribution in [-0.2, 0) is 4.43 Å². The monoisotopic (exact) mass is 294 g/mol. The van der Waals surface area contributed by atoms with E-state index in [9.17, 15) is 13.2 Å². The molecule has 0 saturated heterocycles. The third-order valence-electron chi connectivity index (χ3n) is 4.12. The van der Waals surface area contributed by atoms with E-state index in [0.717, 1.165) is 0 Å². The van der Waals surface area contributed by atoms with Gasteiger partial charge in [0.1, 0.15) is 0 Å². The average Bonchev–Trinajstić information content (AvgIpc) is 2.89. The van der Waals surface area contributed by atoms with Crippen LogP contribution >= 0.6 is 0 Å². The molecule has 0 N–H and O–H groups in total. The summed E-state index contributed by atoms with van der Waals surface area (Å²) in [6, 6.07) is 0. The average molecular weight is 294 g/mol. The van der Waals surface area contributed by atoms with Crippen molar-refractivity contribution < 1.29 is 17.6 Å². The molecule has 0 heterocycles. The molecule has 1 aliphatic carbocycles. The minimum absolute atomic E-state index is 0.00329. The van der Waals surface area contributed by atoms with Crippen LogP contribution in [0.25, 0.3) is 0 Å². The van der Waals surface area contributed by atoms with Crippen LogP contribution in [0.4, 0.5) is 13.2 Å². The molecule has 0 saturated carbocycles. The molecule has 0 amide bonds. The minimum Gasteiger partial charge on any atom is -0.410 e. The Kier molecular flexibility index (Phi) is 4.34. The second-order valence-electron chi connectivity index (χ2n) is 7.23. The highest BCUT2D eigenvalue weighted by atomic mass is 28.4. The van der Waals surface area contributed by atoms with Crippen LogP contribution in [0.15, 0.2) is 11.6 Å². The molecule has 2 unspecified atom stereocenters. The van der Waals surface area contributed by atoms with E-state index >= 15 is 0 Å². The first-order valence-corrected chi connectivity index (χ1v) is 9.64. The van der Waals surface area contributed by atoms with Gasteiger partial charge in [-0.05, 0) is 29.6 Å². The lowest BCUT2D eigenvalue weighted by atomic mass is 10.0. The molecule has 19 heavy (non-hydrogen) atoms. The Hall–Kier alpha value is -0.293. The maximum atomic E-state index is 12.7. The van der Waals surface area contributed by atoms with Crippen LogP contribution in [0.3, 0.4) is 0 Å². The molecule has 0 aromatic carbocycles. The van der Waals surface area contributed by atoms with Crippen molar-refractivity contribution in [3.63, 3.8) is 0 Å². The van der Waals surface area contributed by atoms with Gasteiger partial charge in [0.15, 0.2) is 8.32 Å². The van der Waals surface area contributed by atoms with Gasteiger partial charge in [0.2, 0.25) is 0 Å². The van der Waals surface area contributed by atoms with Gasteiger partial charge in [-0.15, -0.1) is 0 Å². The van der Waals surface area contributed by atoms with Gasteiger partial charge < -0.3 is 4.43 Å². The Bertz CT molecular complexity index is 364. The van der Waals surface area contributed by atoms with Crippen LogP contribution in [0.5, 0.6) is 0 Å². The van der Waals surface area contributed by atoms with Gasteiger partial charge in [0.25, 0.3) is 0 Å². The van der Waals surface area contributed by atoms with E-state index in [1.165, 1.54) is 6.08 Å². The first kappa shape index (κ1) is 16.8. The summed E-state index contributed by atoms with van der Waals surface area (Å²) in [7, 11) is -2.05. The summed E-state index contributed by atoms with van der Waals surface area (Å²) >= 11 is 0. The van der Waals surface area contributed by atoms with Crippen LogP contribution in [-0.4, -0.2) is 20.6 Å². The third-order valence-corrected chi connectivity index (χ3v) is 8.58. The molecule has 0 aromatic heterocycles. The van der Waals surface area contributed by atoms with E-state index in [0.29, 0.717) is 5.57 Å². The number of allylic oxidation sites excluding steroid dienone is 1. The SMILES string of the molecule is CC(C)C(O[Si](C)(C)C(C)(C)C)C1=CC1C(F)(F)F. The summed E-state index contributed by atoms with van der Waals surface area (Å²) in [5, 5.41) is 0.00329. The first-order valence-electron chi connectivity index (χ1n) is 6.73. The second kappa shape index (κ2) is 4.92. The van der Waals surface area contributed by atoms with E-state index < -0.39 is 26.5 Å². The fraction of sp³-hybridized carbons (Fsp3) is 0.857. The Morgan fingerprint density at radius 3 is 1.89 bits per heavy atom. The van der Waals surface area contributed by atoms with Crippen molar-refractivity contribution in [3.8, 4) is 0 Å². The smallest absolute Gasteiger partial charge is 0.398 e. The predicted molar refractivity (Wildman–Crippen MR) is 74.5 cm³/mol. The van der Waals surface area contributed by atoms with Crippen molar-refractivity contribution in [1.82, 2.24) is 0 Å². The summed E-state index contributed by atoms with van der Waals surface area (Å²) in [4.78, 5) is 0. The van der Waals surface area contributed by atoms with Crippen LogP contribution in [0.1, 0.15) is 34.6 Å². The molecule has 0 fully saturated rings. The molecule has 0 aromatic rings. The summed E-state index contributed by atoms with van der Waals surface area (Å²) in [6.07, 6.45) is -3.25. The van der Waals surface area contributed by atoms with Crippen molar-refractivity contribution in [2.75, 3.05) is 0 Å². The lowest BCUT2D eigenvalue weighted by molar-refractivity contribution is -0.144. The maximum absolute atomic E-state index is 12.7. The summed E-state index contributed by atoms with van der Waals surface area (Å²) in [5.74, 6) is -1.29. The van der Waals surface area contributed by atoms with Gasteiger partial charge in [-0.25, -0.2) is 0 Å². The van der Waals surface area contributed by atoms with Crippen LogP contribution in [0.2, 0.25) is 18.1 Å². The first-order chi connectivity index (χ1) is 8.27. The van der Waals surface area contributed by atoms with Crippen molar-refractivity contribution in [1.29, 1.82) is 0 Å². The van der Waals surface area contributed by atoms with E-state index in [2.05, 4.69) is 33.9 Å². The molecule has 0 spiro atoms. The van der Waals surface area contributed by atoms with Crippen molar-refractivity contribution in [2.24, 2.45) is 11.8 Å². The largest absolute Gasteiger partial charge is 0.410 e. The normalized spacial score (nSPS) is 22.5. The fourth-order valence-electron chi connectivity index (χ4n) is 1.78. The molecular formula is C14H25F3OSi. The third kappa shape index (κ3) is 3.84. The Balaban J connectivity index is 2.81. The molecule has 1 rings (SSSR count). The highest BCUT2D eigenvalue weighted by molar-refractivity contribution is 6.74. The van der Waals surface area contributed by atoms with E-state index in [-0.39, 0.29) is 11.0 Å². The van der Waals surface area contributed by atoms with Gasteiger partial charge in [-0.3, -0.25) is 0 Å². The maximum Gasteiger partial charge on any atom is 0.398 e. The topological polar surface area (TPSA) is 9.23 Å². The zero-order valence-electron chi connectivity index (χ0n) is 12.9. The molecule has 112 valence electrons. The van der Waals surface area contributed by atoms with Crippen molar-refractivity contribution in [2.45, 2.75) is 65.0 Å². The van der Waals surface area contributed by atoms with E-state index in [4.69, 9.17) is 4.43 Å². The summed E-state index contributed by atoms with van der Waals surface area (Å²) in [5.41, 5.74) is 0.423. The lowest BCUT2D eigenvalue weighted by Crippen LogP contribution is -2.45. The molecule has 2 atom stereocenters. The molecule has 0 bridgehead atoms. The molecular weight excluding hydrogens is 269 g/mol. The second-order valence-corrected chi connectivity index (χ2v) is 12.0. The van der Waals surface area contributed by atoms with Crippen molar-refractivity contribution in [3.05, 3.63) is 11.6 Å². The number of alkyl halides is 3. The summed E-state index contributed by atoms with van der Waals surface area (Å²) < 4.78 is 44.2. The van der Waals surface area contributed by atoms with Crippen LogP contribution < -0.4 is 0 Å². The minimum atomic E-state index is -4.15. The highest BCUT2D eigenvalue weighted by Gasteiger charge is 2.53. The van der Waals surface area contributed by atoms with E-state index in [1.54, 1.807) is 0 Å². The van der Waals surface area contributed by atoms with Gasteiger partial charge in [-0.1, -0.05) is 40.7 Å². The van der Waals surface area contributed by atoms with Crippen LogP contribution in [0, 0.1) is 11.8 Å². The van der Waals surface area contributed by atoms with Gasteiger partial charge in [0, 0.05) is 0 Å². The molecule has 0 aliphatic heterocycles. The zero-order valence-corrected chi connectivity index (χ0v) is 13.9. The van der Waals surface area contributed by atoms with Gasteiger partial charge >= 0.3 is 6.18 Å². The fourth-order valence-corrected chi connectivity index (χ4v) is 3.18. The number of rotatable bonds is 4. The Morgan fingerprint density at radius 1 is 1.16 bits per heavy atom. The molecule has 0 radical (unpaired) electrons. The quantitative estimate of drug-likeness (QED) is 0.514. The predicted octanol–water partition coefficient (Wildman–Crippen LogP) is 5.15.